The molecule has 1 unspecified atom stereocenters. The molecular formula is C6H10Cl2N4O2S. The Labute approximate surface area is 101 Å². The molecule has 1 aliphatic heterocycles. The molecule has 0 aromatic carbocycles. The van der Waals surface area contributed by atoms with Crippen molar-refractivity contribution in [2.24, 2.45) is 19.6 Å². The Hall–Kier alpha value is -0.500. The molecule has 86 valence electrons. The van der Waals surface area contributed by atoms with Crippen molar-refractivity contribution >= 4 is 51.1 Å². The highest BCUT2D eigenvalue weighted by Crippen LogP contribution is 2.07. The molecule has 0 bridgehead atoms. The number of aliphatic imine (C=N–C) groups is 1. The number of halogens is 2. The maximum atomic E-state index is 10.5. The normalized spacial score (nSPS) is 19.5. The third kappa shape index (κ3) is 4.70. The highest BCUT2D eigenvalue weighted by atomic mass is 35.5. The van der Waals surface area contributed by atoms with E-state index in [-0.39, 0.29) is 24.0 Å². The Kier molecular flexibility index (Phi) is 6.66. The third-order valence-electron chi connectivity index (χ3n) is 1.17. The molecule has 0 aliphatic carbocycles. The van der Waals surface area contributed by atoms with E-state index in [1.807, 2.05) is 0 Å². The van der Waals surface area contributed by atoms with E-state index >= 15 is 0 Å². The lowest BCUT2D eigenvalue weighted by atomic mass is 10.4. The van der Waals surface area contributed by atoms with Crippen LogP contribution in [0.3, 0.4) is 0 Å². The van der Waals surface area contributed by atoms with Gasteiger partial charge in [-0.1, -0.05) is 4.53 Å². The van der Waals surface area contributed by atoms with Crippen LogP contribution in [0, 0.1) is 0 Å². The first-order valence-corrected chi connectivity index (χ1v) is 5.32. The van der Waals surface area contributed by atoms with Crippen molar-refractivity contribution in [3.05, 3.63) is 0 Å². The maximum Gasteiger partial charge on any atom is 0.229 e. The molecular weight excluding hydrogens is 263 g/mol. The maximum absolute atomic E-state index is 10.5. The standard InChI is InChI=1S/C6H9ClN4O2S.ClH/c1-2-13-11-14-6(8)9-5(10-14)3-4(7)12;/h2-3H2,1H3,(H2,8,9,10);1H. The van der Waals surface area contributed by atoms with E-state index in [1.54, 1.807) is 6.92 Å². The van der Waals surface area contributed by atoms with Crippen LogP contribution < -0.4 is 5.73 Å². The van der Waals surface area contributed by atoms with Gasteiger partial charge in [-0.15, -0.1) is 12.4 Å². The average molecular weight is 273 g/mol. The monoisotopic (exact) mass is 272 g/mol. The average Bonchev–Trinajstić information content (AvgIpc) is 2.41. The quantitative estimate of drug-likeness (QED) is 0.611. The summed E-state index contributed by atoms with van der Waals surface area (Å²) < 4.78 is 7.68. The van der Waals surface area contributed by atoms with Gasteiger partial charge in [0.15, 0.2) is 5.17 Å². The van der Waals surface area contributed by atoms with Gasteiger partial charge in [0.1, 0.15) is 16.7 Å². The van der Waals surface area contributed by atoms with E-state index in [9.17, 15) is 4.79 Å². The van der Waals surface area contributed by atoms with Crippen LogP contribution in [0.15, 0.2) is 13.9 Å². The van der Waals surface area contributed by atoms with Crippen LogP contribution in [0.25, 0.3) is 0 Å². The summed E-state index contributed by atoms with van der Waals surface area (Å²) in [5.41, 5.74) is 5.51. The molecule has 0 fully saturated rings. The highest BCUT2D eigenvalue weighted by molar-refractivity contribution is 8.01. The fourth-order valence-electron chi connectivity index (χ4n) is 0.689. The molecule has 0 aromatic rings. The van der Waals surface area contributed by atoms with Gasteiger partial charge in [0.05, 0.1) is 13.0 Å². The highest BCUT2D eigenvalue weighted by Gasteiger charge is 2.15. The van der Waals surface area contributed by atoms with Gasteiger partial charge in [0, 0.05) is 0 Å². The molecule has 2 N–H and O–H groups in total. The lowest BCUT2D eigenvalue weighted by Gasteiger charge is -1.92. The largest absolute Gasteiger partial charge is 0.376 e. The molecule has 1 aliphatic rings. The van der Waals surface area contributed by atoms with Crippen LogP contribution in [0.4, 0.5) is 0 Å². The van der Waals surface area contributed by atoms with Crippen LogP contribution in [-0.2, 0) is 20.5 Å². The number of hydrogen-bond donors (Lipinski definition) is 1. The Morgan fingerprint density at radius 2 is 2.40 bits per heavy atom. The van der Waals surface area contributed by atoms with Crippen molar-refractivity contribution in [1.82, 2.24) is 0 Å². The van der Waals surface area contributed by atoms with E-state index < -0.39 is 16.1 Å². The molecule has 1 heterocycles. The Morgan fingerprint density at radius 3 is 2.93 bits per heavy atom. The Balaban J connectivity index is 0.00000196. The molecule has 1 rings (SSSR count). The van der Waals surface area contributed by atoms with Crippen LogP contribution in [0.2, 0.25) is 0 Å². The number of rotatable bonds is 4. The van der Waals surface area contributed by atoms with Gasteiger partial charge in [-0.25, -0.2) is 9.83 Å². The number of amidine groups is 2. The van der Waals surface area contributed by atoms with Crippen molar-refractivity contribution in [3.8, 4) is 0 Å². The van der Waals surface area contributed by atoms with Gasteiger partial charge in [-0.05, 0) is 18.5 Å². The first-order chi connectivity index (χ1) is 6.63. The summed E-state index contributed by atoms with van der Waals surface area (Å²) in [4.78, 5) is 19.2. The fraction of sp³-hybridized carbons (Fsp3) is 0.500. The fourth-order valence-corrected chi connectivity index (χ4v) is 1.71. The second kappa shape index (κ2) is 6.89. The summed E-state index contributed by atoms with van der Waals surface area (Å²) >= 11 is 5.17. The lowest BCUT2D eigenvalue weighted by Crippen LogP contribution is -2.13. The predicted octanol–water partition coefficient (Wildman–Crippen LogP) is 0.959. The van der Waals surface area contributed by atoms with Gasteiger partial charge in [0.2, 0.25) is 5.24 Å². The minimum atomic E-state index is -0.911. The number of carbonyl (C=O) groups is 1. The zero-order valence-corrected chi connectivity index (χ0v) is 10.2. The minimum absolute atomic E-state index is 0. The molecule has 15 heavy (non-hydrogen) atoms. The molecule has 0 saturated carbocycles. The molecule has 6 nitrogen and oxygen atoms in total. The summed E-state index contributed by atoms with van der Waals surface area (Å²) in [5, 5.41) is -0.284. The van der Waals surface area contributed by atoms with Crippen LogP contribution >= 0.6 is 24.0 Å². The van der Waals surface area contributed by atoms with Crippen molar-refractivity contribution < 1.29 is 9.63 Å². The molecule has 0 spiro atoms. The van der Waals surface area contributed by atoms with Gasteiger partial charge in [0.25, 0.3) is 0 Å². The molecule has 1 atom stereocenters. The zero-order chi connectivity index (χ0) is 10.6. The number of hydrogen-bond acceptors (Lipinski definition) is 5. The van der Waals surface area contributed by atoms with E-state index in [0.717, 1.165) is 0 Å². The van der Waals surface area contributed by atoms with E-state index in [1.165, 1.54) is 0 Å². The van der Waals surface area contributed by atoms with Crippen molar-refractivity contribution in [2.45, 2.75) is 13.3 Å². The SMILES string of the molecule is CCO/N=S1\N=C(CC(=O)Cl)N=C1N.Cl. The smallest absolute Gasteiger partial charge is 0.229 e. The van der Waals surface area contributed by atoms with Gasteiger partial charge >= 0.3 is 0 Å². The van der Waals surface area contributed by atoms with E-state index in [0.29, 0.717) is 12.4 Å². The summed E-state index contributed by atoms with van der Waals surface area (Å²) in [6.07, 6.45) is -0.0343. The lowest BCUT2D eigenvalue weighted by molar-refractivity contribution is -0.110. The van der Waals surface area contributed by atoms with Crippen LogP contribution in [0.5, 0.6) is 0 Å². The molecule has 9 heteroatoms. The first kappa shape index (κ1) is 14.5. The second-order valence-electron chi connectivity index (χ2n) is 2.25. The Morgan fingerprint density at radius 1 is 1.73 bits per heavy atom. The van der Waals surface area contributed by atoms with Crippen molar-refractivity contribution in [3.63, 3.8) is 0 Å². The first-order valence-electron chi connectivity index (χ1n) is 3.81. The predicted molar refractivity (Wildman–Crippen MR) is 63.2 cm³/mol. The number of carbonyl (C=O) groups excluding carboxylic acids is 1. The number of nitrogens with two attached hydrogens (primary N) is 1. The number of nitrogens with zero attached hydrogens (tertiary/aromatic N) is 3. The molecule has 0 amide bonds. The summed E-state index contributed by atoms with van der Waals surface area (Å²) in [6.45, 7) is 2.24. The van der Waals surface area contributed by atoms with Gasteiger partial charge < -0.3 is 5.73 Å². The van der Waals surface area contributed by atoms with Gasteiger partial charge in [-0.2, -0.15) is 4.40 Å². The minimum Gasteiger partial charge on any atom is -0.376 e. The molecule has 0 aromatic heterocycles. The van der Waals surface area contributed by atoms with E-state index in [2.05, 4.69) is 13.9 Å². The summed E-state index contributed by atoms with van der Waals surface area (Å²) in [5.74, 6) is 0.300. The van der Waals surface area contributed by atoms with Crippen molar-refractivity contribution in [2.75, 3.05) is 6.61 Å². The summed E-state index contributed by atoms with van der Waals surface area (Å²) in [7, 11) is -0.911. The summed E-state index contributed by atoms with van der Waals surface area (Å²) in [6, 6.07) is 0. The third-order valence-corrected chi connectivity index (χ3v) is 2.40. The molecule has 0 radical (unpaired) electrons. The van der Waals surface area contributed by atoms with E-state index in [4.69, 9.17) is 22.2 Å². The zero-order valence-electron chi connectivity index (χ0n) is 7.84. The Bertz CT molecular complexity index is 342. The van der Waals surface area contributed by atoms with Gasteiger partial charge in [-0.3, -0.25) is 4.79 Å². The van der Waals surface area contributed by atoms with Crippen molar-refractivity contribution in [1.29, 1.82) is 0 Å². The van der Waals surface area contributed by atoms with Crippen LogP contribution in [0.1, 0.15) is 13.3 Å². The topological polar surface area (TPSA) is 89.4 Å². The molecule has 0 saturated heterocycles. The second-order valence-corrected chi connectivity index (χ2v) is 3.95. The van der Waals surface area contributed by atoms with Crippen LogP contribution in [-0.4, -0.2) is 22.9 Å².